The molecule has 0 saturated carbocycles. The number of carbonyl (C=O) groups excluding carboxylic acids is 1. The third kappa shape index (κ3) is 2.52. The Morgan fingerprint density at radius 2 is 2.24 bits per heavy atom. The fraction of sp³-hybridized carbons (Fsp3) is 0.462. The third-order valence-electron chi connectivity index (χ3n) is 2.90. The molecule has 4 heteroatoms. The number of carbonyl (C=O) groups is 1. The Bertz CT molecular complexity index is 429. The first-order chi connectivity index (χ1) is 8.08. The van der Waals surface area contributed by atoms with E-state index in [9.17, 15) is 4.79 Å². The molecule has 0 aromatic heterocycles. The van der Waals surface area contributed by atoms with Gasteiger partial charge in [0.1, 0.15) is 0 Å². The monoisotopic (exact) mass is 234 g/mol. The number of nitrogens with zero attached hydrogens (tertiary/aromatic N) is 1. The number of anilines is 1. The van der Waals surface area contributed by atoms with Crippen LogP contribution in [0.1, 0.15) is 25.0 Å². The molecule has 0 radical (unpaired) electrons. The van der Waals surface area contributed by atoms with Crippen LogP contribution in [0.3, 0.4) is 0 Å². The molecule has 0 aliphatic carbocycles. The van der Waals surface area contributed by atoms with Gasteiger partial charge in [0.2, 0.25) is 0 Å². The van der Waals surface area contributed by atoms with Crippen LogP contribution >= 0.6 is 0 Å². The number of benzene rings is 1. The number of nitrogen functional groups attached to an aromatic ring is 1. The van der Waals surface area contributed by atoms with Crippen molar-refractivity contribution in [2.45, 2.75) is 32.9 Å². The first-order valence-electron chi connectivity index (χ1n) is 5.89. The Hall–Kier alpha value is -1.71. The van der Waals surface area contributed by atoms with Crippen LogP contribution in [0.5, 0.6) is 0 Å². The molecule has 4 nitrogen and oxygen atoms in total. The van der Waals surface area contributed by atoms with E-state index in [0.29, 0.717) is 13.1 Å². The fourth-order valence-electron chi connectivity index (χ4n) is 2.04. The van der Waals surface area contributed by atoms with Crippen molar-refractivity contribution in [3.8, 4) is 0 Å². The van der Waals surface area contributed by atoms with Gasteiger partial charge < -0.3 is 15.4 Å². The Morgan fingerprint density at radius 3 is 2.94 bits per heavy atom. The normalized spacial score (nSPS) is 14.6. The van der Waals surface area contributed by atoms with Crippen LogP contribution in [0, 0.1) is 0 Å². The molecule has 2 rings (SSSR count). The van der Waals surface area contributed by atoms with Gasteiger partial charge in [0.25, 0.3) is 0 Å². The molecule has 1 amide bonds. The lowest BCUT2D eigenvalue weighted by atomic mass is 9.98. The van der Waals surface area contributed by atoms with Crippen molar-refractivity contribution >= 4 is 11.8 Å². The number of fused-ring (bicyclic) bond motifs is 1. The van der Waals surface area contributed by atoms with Crippen molar-refractivity contribution in [2.75, 3.05) is 12.3 Å². The van der Waals surface area contributed by atoms with Gasteiger partial charge in [-0.15, -0.1) is 0 Å². The minimum absolute atomic E-state index is 0.0861. The smallest absolute Gasteiger partial charge is 0.410 e. The average Bonchev–Trinajstić information content (AvgIpc) is 2.28. The predicted molar refractivity (Wildman–Crippen MR) is 66.6 cm³/mol. The molecule has 0 saturated heterocycles. The Balaban J connectivity index is 2.13. The van der Waals surface area contributed by atoms with E-state index in [-0.39, 0.29) is 12.2 Å². The van der Waals surface area contributed by atoms with Crippen LogP contribution < -0.4 is 5.73 Å². The van der Waals surface area contributed by atoms with Gasteiger partial charge in [0.05, 0.1) is 12.6 Å². The summed E-state index contributed by atoms with van der Waals surface area (Å²) in [6.07, 6.45) is 0.499. The fourth-order valence-corrected chi connectivity index (χ4v) is 2.04. The molecule has 0 bridgehead atoms. The number of hydrogen-bond acceptors (Lipinski definition) is 3. The first-order valence-corrected chi connectivity index (χ1v) is 5.89. The third-order valence-corrected chi connectivity index (χ3v) is 2.90. The highest BCUT2D eigenvalue weighted by Crippen LogP contribution is 2.24. The minimum Gasteiger partial charge on any atom is -0.447 e. The Kier molecular flexibility index (Phi) is 3.22. The summed E-state index contributed by atoms with van der Waals surface area (Å²) in [4.78, 5) is 13.5. The number of nitrogens with two attached hydrogens (primary N) is 1. The molecule has 1 heterocycles. The van der Waals surface area contributed by atoms with E-state index < -0.39 is 0 Å². The lowest BCUT2D eigenvalue weighted by Crippen LogP contribution is -2.37. The summed E-state index contributed by atoms with van der Waals surface area (Å²) in [6, 6.07) is 5.89. The lowest BCUT2D eigenvalue weighted by Gasteiger charge is -2.29. The zero-order valence-electron chi connectivity index (χ0n) is 10.3. The van der Waals surface area contributed by atoms with E-state index in [1.54, 1.807) is 4.90 Å². The van der Waals surface area contributed by atoms with Crippen molar-refractivity contribution in [2.24, 2.45) is 0 Å². The summed E-state index contributed by atoms with van der Waals surface area (Å²) in [5.74, 6) is 0. The zero-order chi connectivity index (χ0) is 12.4. The van der Waals surface area contributed by atoms with Crippen molar-refractivity contribution in [3.05, 3.63) is 29.3 Å². The molecule has 1 aromatic rings. The van der Waals surface area contributed by atoms with Gasteiger partial charge in [0.15, 0.2) is 0 Å². The van der Waals surface area contributed by atoms with Gasteiger partial charge in [-0.25, -0.2) is 4.79 Å². The summed E-state index contributed by atoms with van der Waals surface area (Å²) in [5, 5.41) is 0. The highest BCUT2D eigenvalue weighted by Gasteiger charge is 2.23. The highest BCUT2D eigenvalue weighted by atomic mass is 16.6. The van der Waals surface area contributed by atoms with E-state index in [2.05, 4.69) is 6.07 Å². The van der Waals surface area contributed by atoms with Gasteiger partial charge in [-0.3, -0.25) is 0 Å². The highest BCUT2D eigenvalue weighted by molar-refractivity contribution is 5.69. The van der Waals surface area contributed by atoms with Crippen LogP contribution in [0.4, 0.5) is 10.5 Å². The molecule has 0 unspecified atom stereocenters. The van der Waals surface area contributed by atoms with E-state index >= 15 is 0 Å². The van der Waals surface area contributed by atoms with E-state index in [0.717, 1.165) is 17.7 Å². The van der Waals surface area contributed by atoms with E-state index in [1.807, 2.05) is 26.0 Å². The van der Waals surface area contributed by atoms with Gasteiger partial charge in [-0.2, -0.15) is 0 Å². The first kappa shape index (κ1) is 11.8. The average molecular weight is 234 g/mol. The molecule has 1 aromatic carbocycles. The maximum absolute atomic E-state index is 11.8. The van der Waals surface area contributed by atoms with Crippen molar-refractivity contribution < 1.29 is 9.53 Å². The molecule has 17 heavy (non-hydrogen) atoms. The quantitative estimate of drug-likeness (QED) is 0.758. The van der Waals surface area contributed by atoms with Crippen LogP contribution in [0.15, 0.2) is 18.2 Å². The number of ether oxygens (including phenoxy) is 1. The molecule has 0 fully saturated rings. The van der Waals surface area contributed by atoms with Gasteiger partial charge in [-0.05, 0) is 37.5 Å². The second-order valence-corrected chi connectivity index (χ2v) is 4.59. The summed E-state index contributed by atoms with van der Waals surface area (Å²) in [7, 11) is 0. The molecule has 1 aliphatic heterocycles. The second kappa shape index (κ2) is 4.65. The van der Waals surface area contributed by atoms with Gasteiger partial charge in [0, 0.05) is 12.2 Å². The van der Waals surface area contributed by atoms with Crippen LogP contribution in [-0.2, 0) is 17.7 Å². The molecule has 2 N–H and O–H groups in total. The van der Waals surface area contributed by atoms with E-state index in [1.165, 1.54) is 5.56 Å². The topological polar surface area (TPSA) is 55.6 Å². The predicted octanol–water partition coefficient (Wildman–Crippen LogP) is 2.17. The van der Waals surface area contributed by atoms with Crippen LogP contribution in [0.25, 0.3) is 0 Å². The van der Waals surface area contributed by atoms with Crippen molar-refractivity contribution in [1.82, 2.24) is 4.90 Å². The second-order valence-electron chi connectivity index (χ2n) is 4.59. The summed E-state index contributed by atoms with van der Waals surface area (Å²) >= 11 is 0. The van der Waals surface area contributed by atoms with E-state index in [4.69, 9.17) is 10.5 Å². The Labute approximate surface area is 101 Å². The molecular weight excluding hydrogens is 216 g/mol. The van der Waals surface area contributed by atoms with Crippen molar-refractivity contribution in [3.63, 3.8) is 0 Å². The standard InChI is InChI=1S/C13H18N2O2/c1-9(2)17-13(16)15-7-6-10-4-3-5-12(14)11(10)8-15/h3-5,9H,6-8,14H2,1-2H3. The lowest BCUT2D eigenvalue weighted by molar-refractivity contribution is 0.0731. The SMILES string of the molecule is CC(C)OC(=O)N1CCc2cccc(N)c2C1. The van der Waals surface area contributed by atoms with Crippen molar-refractivity contribution in [1.29, 1.82) is 0 Å². The summed E-state index contributed by atoms with van der Waals surface area (Å²) < 4.78 is 5.19. The Morgan fingerprint density at radius 1 is 1.47 bits per heavy atom. The molecular formula is C13H18N2O2. The number of hydrogen-bond donors (Lipinski definition) is 1. The summed E-state index contributed by atoms with van der Waals surface area (Å²) in [6.45, 7) is 4.95. The molecule has 92 valence electrons. The molecule has 0 atom stereocenters. The maximum Gasteiger partial charge on any atom is 0.410 e. The number of rotatable bonds is 1. The van der Waals surface area contributed by atoms with Crippen LogP contribution in [-0.4, -0.2) is 23.6 Å². The molecule has 1 aliphatic rings. The zero-order valence-corrected chi connectivity index (χ0v) is 10.3. The number of amides is 1. The molecule has 0 spiro atoms. The van der Waals surface area contributed by atoms with Gasteiger partial charge in [-0.1, -0.05) is 12.1 Å². The van der Waals surface area contributed by atoms with Gasteiger partial charge >= 0.3 is 6.09 Å². The van der Waals surface area contributed by atoms with Crippen LogP contribution in [0.2, 0.25) is 0 Å². The minimum atomic E-state index is -0.256. The summed E-state index contributed by atoms with van der Waals surface area (Å²) in [5.41, 5.74) is 8.97. The maximum atomic E-state index is 11.8. The largest absolute Gasteiger partial charge is 0.447 e.